The maximum atomic E-state index is 11.7. The van der Waals surface area contributed by atoms with Crippen molar-refractivity contribution in [2.75, 3.05) is 18.5 Å². The molecule has 0 spiro atoms. The third-order valence-corrected chi connectivity index (χ3v) is 2.72. The molecule has 3 N–H and O–H groups in total. The Morgan fingerprint density at radius 3 is 2.52 bits per heavy atom. The summed E-state index contributed by atoms with van der Waals surface area (Å²) in [5, 5.41) is 20.0. The third kappa shape index (κ3) is 5.65. The van der Waals surface area contributed by atoms with Gasteiger partial charge in [-0.1, -0.05) is 11.6 Å². The van der Waals surface area contributed by atoms with Gasteiger partial charge in [0.2, 0.25) is 5.91 Å². The predicted molar refractivity (Wildman–Crippen MR) is 74.3 cm³/mol. The first kappa shape index (κ1) is 16.7. The van der Waals surface area contributed by atoms with Gasteiger partial charge in [-0.15, -0.1) is 0 Å². The van der Waals surface area contributed by atoms with Crippen molar-refractivity contribution in [3.8, 4) is 0 Å². The van der Waals surface area contributed by atoms with Gasteiger partial charge in [0.05, 0.1) is 18.0 Å². The zero-order chi connectivity index (χ0) is 16.0. The lowest BCUT2D eigenvalue weighted by Gasteiger charge is -2.19. The monoisotopic (exact) mass is 315 g/mol. The summed E-state index contributed by atoms with van der Waals surface area (Å²) in [6.07, 6.45) is 0.722. The summed E-state index contributed by atoms with van der Waals surface area (Å²) in [5.41, 5.74) is 0. The number of hydrogen-bond acceptors (Lipinski definition) is 5. The molecular weight excluding hydrogens is 302 g/mol. The molecule has 0 aromatic carbocycles. The Balaban J connectivity index is 2.61. The van der Waals surface area contributed by atoms with Gasteiger partial charge in [0.25, 0.3) is 0 Å². The van der Waals surface area contributed by atoms with Crippen molar-refractivity contribution in [1.82, 2.24) is 10.3 Å². The van der Waals surface area contributed by atoms with E-state index in [0.717, 1.165) is 0 Å². The number of halogens is 1. The van der Waals surface area contributed by atoms with Gasteiger partial charge in [0.15, 0.2) is 0 Å². The minimum atomic E-state index is -1.47. The van der Waals surface area contributed by atoms with Crippen molar-refractivity contribution in [3.63, 3.8) is 0 Å². The molecule has 1 aromatic rings. The fourth-order valence-corrected chi connectivity index (χ4v) is 1.62. The zero-order valence-corrected chi connectivity index (χ0v) is 11.9. The molecule has 0 fully saturated rings. The van der Waals surface area contributed by atoms with Gasteiger partial charge < -0.3 is 20.4 Å². The number of carboxylic acid groups (broad SMARTS) is 2. The van der Waals surface area contributed by atoms with Gasteiger partial charge in [0, 0.05) is 13.2 Å². The molecule has 0 bridgehead atoms. The van der Waals surface area contributed by atoms with E-state index in [2.05, 4.69) is 10.3 Å². The number of pyridine rings is 1. The van der Waals surface area contributed by atoms with Crippen LogP contribution in [0.5, 0.6) is 0 Å². The minimum absolute atomic E-state index is 0.169. The van der Waals surface area contributed by atoms with Crippen molar-refractivity contribution in [1.29, 1.82) is 0 Å². The predicted octanol–water partition coefficient (Wildman–Crippen LogP) is 0.215. The van der Waals surface area contributed by atoms with Crippen molar-refractivity contribution in [3.05, 3.63) is 23.4 Å². The number of hydrogen-bond donors (Lipinski definition) is 3. The van der Waals surface area contributed by atoms with Gasteiger partial charge in [-0.3, -0.25) is 9.59 Å². The molecule has 8 nitrogen and oxygen atoms in total. The molecular formula is C12H14ClN3O5. The van der Waals surface area contributed by atoms with Crippen LogP contribution in [0.4, 0.5) is 5.82 Å². The SMILES string of the molecule is CN(CC(=O)N[C@@H](CC(=O)O)C(=O)O)c1ccc(Cl)cn1. The summed E-state index contributed by atoms with van der Waals surface area (Å²) in [7, 11) is 1.59. The van der Waals surface area contributed by atoms with Crippen LogP contribution < -0.4 is 10.2 Å². The van der Waals surface area contributed by atoms with Crippen LogP contribution in [0.3, 0.4) is 0 Å². The average Bonchev–Trinajstić information content (AvgIpc) is 2.37. The van der Waals surface area contributed by atoms with Crippen LogP contribution in [0.1, 0.15) is 6.42 Å². The number of carbonyl (C=O) groups excluding carboxylic acids is 1. The Labute approximate surface area is 125 Å². The number of anilines is 1. The molecule has 1 amide bonds. The molecule has 0 saturated heterocycles. The summed E-state index contributed by atoms with van der Waals surface area (Å²) >= 11 is 5.69. The number of nitrogens with one attached hydrogen (secondary N) is 1. The van der Waals surface area contributed by atoms with Crippen molar-refractivity contribution >= 4 is 35.3 Å². The number of carboxylic acids is 2. The second-order valence-corrected chi connectivity index (χ2v) is 4.68. The Morgan fingerprint density at radius 2 is 2.05 bits per heavy atom. The fraction of sp³-hybridized carbons (Fsp3) is 0.333. The summed E-state index contributed by atoms with van der Waals surface area (Å²) in [5.74, 6) is -2.86. The standard InChI is InChI=1S/C12H14ClN3O5/c1-16(9-3-2-7(13)5-14-9)6-10(17)15-8(12(20)21)4-11(18)19/h2-3,5,8H,4,6H2,1H3,(H,15,17)(H,18,19)(H,20,21)/t8-/m0/s1. The molecule has 0 aliphatic rings. The largest absolute Gasteiger partial charge is 0.481 e. The maximum Gasteiger partial charge on any atom is 0.326 e. The normalized spacial score (nSPS) is 11.5. The molecule has 0 saturated carbocycles. The van der Waals surface area contributed by atoms with E-state index in [9.17, 15) is 14.4 Å². The molecule has 1 aromatic heterocycles. The maximum absolute atomic E-state index is 11.7. The summed E-state index contributed by atoms with van der Waals surface area (Å²) in [4.78, 5) is 38.6. The first-order valence-corrected chi connectivity index (χ1v) is 6.24. The van der Waals surface area contributed by atoms with E-state index in [1.165, 1.54) is 11.1 Å². The molecule has 0 aliphatic heterocycles. The third-order valence-electron chi connectivity index (χ3n) is 2.50. The summed E-state index contributed by atoms with van der Waals surface area (Å²) in [6, 6.07) is 1.73. The number of aliphatic carboxylic acids is 2. The number of amides is 1. The molecule has 114 valence electrons. The van der Waals surface area contributed by atoms with E-state index >= 15 is 0 Å². The molecule has 1 rings (SSSR count). The number of rotatable bonds is 7. The van der Waals surface area contributed by atoms with Crippen LogP contribution in [-0.2, 0) is 14.4 Å². The van der Waals surface area contributed by atoms with Crippen molar-refractivity contribution < 1.29 is 24.6 Å². The topological polar surface area (TPSA) is 120 Å². The van der Waals surface area contributed by atoms with Gasteiger partial charge in [-0.05, 0) is 12.1 Å². The zero-order valence-electron chi connectivity index (χ0n) is 11.1. The lowest BCUT2D eigenvalue weighted by atomic mass is 10.2. The van der Waals surface area contributed by atoms with Crippen LogP contribution in [0.15, 0.2) is 18.3 Å². The molecule has 0 unspecified atom stereocenters. The number of aromatic nitrogens is 1. The average molecular weight is 316 g/mol. The fourth-order valence-electron chi connectivity index (χ4n) is 1.50. The smallest absolute Gasteiger partial charge is 0.326 e. The minimum Gasteiger partial charge on any atom is -0.481 e. The van der Waals surface area contributed by atoms with Crippen LogP contribution in [0, 0.1) is 0 Å². The Bertz CT molecular complexity index is 534. The van der Waals surface area contributed by atoms with Gasteiger partial charge in [0.1, 0.15) is 11.9 Å². The van der Waals surface area contributed by atoms with Gasteiger partial charge in [-0.2, -0.15) is 0 Å². The van der Waals surface area contributed by atoms with Crippen LogP contribution in [0.25, 0.3) is 0 Å². The quantitative estimate of drug-likeness (QED) is 0.658. The van der Waals surface area contributed by atoms with Crippen LogP contribution in [-0.4, -0.2) is 52.7 Å². The van der Waals surface area contributed by atoms with Crippen molar-refractivity contribution in [2.24, 2.45) is 0 Å². The lowest BCUT2D eigenvalue weighted by Crippen LogP contribution is -2.46. The second-order valence-electron chi connectivity index (χ2n) is 4.25. The summed E-state index contributed by atoms with van der Waals surface area (Å²) in [6.45, 7) is -0.169. The van der Waals surface area contributed by atoms with Crippen LogP contribution in [0.2, 0.25) is 5.02 Å². The lowest BCUT2D eigenvalue weighted by molar-refractivity contribution is -0.147. The number of likely N-dealkylation sites (N-methyl/N-ethyl adjacent to an activating group) is 1. The molecule has 9 heteroatoms. The first-order chi connectivity index (χ1) is 9.79. The second kappa shape index (κ2) is 7.44. The van der Waals surface area contributed by atoms with Crippen LogP contribution >= 0.6 is 11.6 Å². The van der Waals surface area contributed by atoms with E-state index in [1.807, 2.05) is 0 Å². The van der Waals surface area contributed by atoms with E-state index in [4.69, 9.17) is 21.8 Å². The molecule has 0 radical (unpaired) electrons. The van der Waals surface area contributed by atoms with Crippen molar-refractivity contribution in [2.45, 2.75) is 12.5 Å². The molecule has 0 aliphatic carbocycles. The molecule has 21 heavy (non-hydrogen) atoms. The number of nitrogens with zero attached hydrogens (tertiary/aromatic N) is 2. The van der Waals surface area contributed by atoms with E-state index in [-0.39, 0.29) is 6.54 Å². The Kier molecular flexibility index (Phi) is 5.92. The highest BCUT2D eigenvalue weighted by molar-refractivity contribution is 6.30. The highest BCUT2D eigenvalue weighted by Gasteiger charge is 2.23. The van der Waals surface area contributed by atoms with Gasteiger partial charge >= 0.3 is 11.9 Å². The Morgan fingerprint density at radius 1 is 1.38 bits per heavy atom. The van der Waals surface area contributed by atoms with E-state index in [1.54, 1.807) is 19.2 Å². The van der Waals surface area contributed by atoms with E-state index < -0.39 is 30.3 Å². The van der Waals surface area contributed by atoms with E-state index in [0.29, 0.717) is 10.8 Å². The van der Waals surface area contributed by atoms with Gasteiger partial charge in [-0.25, -0.2) is 9.78 Å². The summed E-state index contributed by atoms with van der Waals surface area (Å²) < 4.78 is 0. The highest BCUT2D eigenvalue weighted by Crippen LogP contribution is 2.12. The Hall–Kier alpha value is -2.35. The highest BCUT2D eigenvalue weighted by atomic mass is 35.5. The molecule has 1 heterocycles. The first-order valence-electron chi connectivity index (χ1n) is 5.86. The molecule has 1 atom stereocenters. The number of carbonyl (C=O) groups is 3.